The van der Waals surface area contributed by atoms with E-state index in [9.17, 15) is 14.4 Å². The summed E-state index contributed by atoms with van der Waals surface area (Å²) in [5.74, 6) is 0.169. The maximum absolute atomic E-state index is 12.3. The summed E-state index contributed by atoms with van der Waals surface area (Å²) in [7, 11) is 0. The normalized spacial score (nSPS) is 22.2. The van der Waals surface area contributed by atoms with Gasteiger partial charge in [0.25, 0.3) is 11.5 Å². The van der Waals surface area contributed by atoms with E-state index >= 15 is 0 Å². The van der Waals surface area contributed by atoms with Crippen LogP contribution in [0.2, 0.25) is 0 Å². The molecule has 0 bridgehead atoms. The minimum absolute atomic E-state index is 0.0106. The summed E-state index contributed by atoms with van der Waals surface area (Å²) in [4.78, 5) is 39.6. The number of hydrogen-bond acceptors (Lipinski definition) is 4. The molecular formula is C18H25N3O3. The monoisotopic (exact) mass is 331 g/mol. The van der Waals surface area contributed by atoms with Gasteiger partial charge in [0.2, 0.25) is 0 Å². The molecule has 2 aliphatic rings. The average molecular weight is 331 g/mol. The van der Waals surface area contributed by atoms with Crippen LogP contribution in [0.4, 0.5) is 0 Å². The number of carbonyl (C=O) groups is 2. The lowest BCUT2D eigenvalue weighted by Crippen LogP contribution is -2.35. The molecule has 1 aromatic rings. The molecular weight excluding hydrogens is 306 g/mol. The highest BCUT2D eigenvalue weighted by atomic mass is 16.2. The van der Waals surface area contributed by atoms with E-state index in [-0.39, 0.29) is 16.8 Å². The quantitative estimate of drug-likeness (QED) is 0.775. The third-order valence-corrected chi connectivity index (χ3v) is 4.96. The van der Waals surface area contributed by atoms with Crippen LogP contribution in [0.1, 0.15) is 59.5 Å². The van der Waals surface area contributed by atoms with Gasteiger partial charge in [-0.1, -0.05) is 13.8 Å². The zero-order valence-corrected chi connectivity index (χ0v) is 14.3. The second-order valence-corrected chi connectivity index (χ2v) is 7.75. The van der Waals surface area contributed by atoms with Crippen molar-refractivity contribution in [3.63, 3.8) is 0 Å². The van der Waals surface area contributed by atoms with E-state index < -0.39 is 11.5 Å². The van der Waals surface area contributed by atoms with Gasteiger partial charge in [-0.05, 0) is 49.8 Å². The smallest absolute Gasteiger partial charge is 0.261 e. The maximum Gasteiger partial charge on any atom is 0.261 e. The van der Waals surface area contributed by atoms with Gasteiger partial charge in [-0.15, -0.1) is 0 Å². The van der Waals surface area contributed by atoms with Crippen LogP contribution in [0.5, 0.6) is 0 Å². The molecule has 24 heavy (non-hydrogen) atoms. The van der Waals surface area contributed by atoms with E-state index in [0.717, 1.165) is 25.9 Å². The summed E-state index contributed by atoms with van der Waals surface area (Å²) >= 11 is 0. The van der Waals surface area contributed by atoms with Gasteiger partial charge in [-0.2, -0.15) is 0 Å². The predicted molar refractivity (Wildman–Crippen MR) is 91.4 cm³/mol. The Hall–Kier alpha value is -1.95. The van der Waals surface area contributed by atoms with Gasteiger partial charge in [0.05, 0.1) is 0 Å². The van der Waals surface area contributed by atoms with Crippen molar-refractivity contribution < 1.29 is 9.59 Å². The fraction of sp³-hybridized carbons (Fsp3) is 0.611. The summed E-state index contributed by atoms with van der Waals surface area (Å²) in [6.07, 6.45) is 3.09. The number of Topliss-reactive ketones (excluding diaryl/α,β-unsaturated/α-hetero) is 1. The molecule has 130 valence electrons. The number of hydrogen-bond donors (Lipinski definition) is 3. The van der Waals surface area contributed by atoms with Crippen LogP contribution < -0.4 is 16.2 Å². The largest absolute Gasteiger partial charge is 0.352 e. The molecule has 1 aliphatic heterocycles. The van der Waals surface area contributed by atoms with Crippen molar-refractivity contribution in [2.75, 3.05) is 19.6 Å². The summed E-state index contributed by atoms with van der Waals surface area (Å²) in [5.41, 5.74) is 0.589. The zero-order chi connectivity index (χ0) is 17.3. The zero-order valence-electron chi connectivity index (χ0n) is 14.3. The van der Waals surface area contributed by atoms with Gasteiger partial charge in [-0.25, -0.2) is 0 Å². The van der Waals surface area contributed by atoms with Crippen LogP contribution in [0, 0.1) is 11.3 Å². The molecule has 0 radical (unpaired) electrons. The Morgan fingerprint density at radius 3 is 2.83 bits per heavy atom. The SMILES string of the molecule is CC1(C)CC(=O)c2cc(C(=O)NCCC3CCNC3)c(=O)[nH]c2C1. The lowest BCUT2D eigenvalue weighted by atomic mass is 9.75. The van der Waals surface area contributed by atoms with Gasteiger partial charge < -0.3 is 15.6 Å². The van der Waals surface area contributed by atoms with E-state index in [4.69, 9.17) is 0 Å². The Morgan fingerprint density at radius 2 is 2.12 bits per heavy atom. The highest BCUT2D eigenvalue weighted by molar-refractivity contribution is 6.02. The number of nitrogens with one attached hydrogen (secondary N) is 3. The van der Waals surface area contributed by atoms with Crippen molar-refractivity contribution >= 4 is 11.7 Å². The molecule has 1 atom stereocenters. The lowest BCUT2D eigenvalue weighted by molar-refractivity contribution is 0.0910. The summed E-state index contributed by atoms with van der Waals surface area (Å²) < 4.78 is 0. The molecule has 0 spiro atoms. The Kier molecular flexibility index (Phi) is 4.58. The number of pyridine rings is 1. The number of amides is 1. The predicted octanol–water partition coefficient (Wildman–Crippen LogP) is 1.26. The third kappa shape index (κ3) is 3.59. The van der Waals surface area contributed by atoms with Gasteiger partial charge in [0.15, 0.2) is 5.78 Å². The second-order valence-electron chi connectivity index (χ2n) is 7.75. The first-order chi connectivity index (χ1) is 11.4. The Labute approximate surface area is 141 Å². The van der Waals surface area contributed by atoms with E-state index in [0.29, 0.717) is 36.6 Å². The lowest BCUT2D eigenvalue weighted by Gasteiger charge is -2.29. The molecule has 3 N–H and O–H groups in total. The fourth-order valence-electron chi connectivity index (χ4n) is 3.64. The van der Waals surface area contributed by atoms with Crippen molar-refractivity contribution in [3.8, 4) is 0 Å². The van der Waals surface area contributed by atoms with E-state index in [1.807, 2.05) is 13.8 Å². The number of ketones is 1. The molecule has 6 heteroatoms. The van der Waals surface area contributed by atoms with Crippen molar-refractivity contribution in [1.29, 1.82) is 0 Å². The van der Waals surface area contributed by atoms with Gasteiger partial charge in [0.1, 0.15) is 5.56 Å². The molecule has 3 rings (SSSR count). The molecule has 1 aliphatic carbocycles. The highest BCUT2D eigenvalue weighted by Crippen LogP contribution is 2.33. The topological polar surface area (TPSA) is 91.1 Å². The van der Waals surface area contributed by atoms with Crippen LogP contribution in [0.15, 0.2) is 10.9 Å². The number of fused-ring (bicyclic) bond motifs is 1. The molecule has 1 fully saturated rings. The van der Waals surface area contributed by atoms with Crippen molar-refractivity contribution in [3.05, 3.63) is 33.2 Å². The van der Waals surface area contributed by atoms with E-state index in [1.165, 1.54) is 6.07 Å². The van der Waals surface area contributed by atoms with Crippen LogP contribution in [-0.2, 0) is 6.42 Å². The number of H-pyrrole nitrogens is 1. The van der Waals surface area contributed by atoms with Crippen molar-refractivity contribution in [1.82, 2.24) is 15.6 Å². The molecule has 0 saturated carbocycles. The van der Waals surface area contributed by atoms with Crippen LogP contribution in [0.3, 0.4) is 0 Å². The van der Waals surface area contributed by atoms with Gasteiger partial charge >= 0.3 is 0 Å². The molecule has 1 unspecified atom stereocenters. The minimum Gasteiger partial charge on any atom is -0.352 e. The van der Waals surface area contributed by atoms with E-state index in [2.05, 4.69) is 15.6 Å². The van der Waals surface area contributed by atoms with Gasteiger partial charge in [-0.3, -0.25) is 14.4 Å². The standard InChI is InChI=1S/C18H25N3O3/c1-18(2)8-14-12(15(22)9-18)7-13(17(24)21-14)16(23)20-6-4-11-3-5-19-10-11/h7,11,19H,3-6,8-10H2,1-2H3,(H,20,23)(H,21,24). The number of aromatic nitrogens is 1. The molecule has 1 aromatic heterocycles. The summed E-state index contributed by atoms with van der Waals surface area (Å²) in [6.45, 7) is 6.57. The Balaban J connectivity index is 1.72. The highest BCUT2D eigenvalue weighted by Gasteiger charge is 2.32. The fourth-order valence-corrected chi connectivity index (χ4v) is 3.64. The molecule has 6 nitrogen and oxygen atoms in total. The van der Waals surface area contributed by atoms with Gasteiger partial charge in [0, 0.05) is 24.2 Å². The molecule has 1 amide bonds. The van der Waals surface area contributed by atoms with E-state index in [1.54, 1.807) is 0 Å². The first-order valence-corrected chi connectivity index (χ1v) is 8.64. The summed E-state index contributed by atoms with van der Waals surface area (Å²) in [6, 6.07) is 1.47. The van der Waals surface area contributed by atoms with Crippen LogP contribution in [0.25, 0.3) is 0 Å². The Bertz CT molecular complexity index is 715. The average Bonchev–Trinajstić information content (AvgIpc) is 2.98. The first-order valence-electron chi connectivity index (χ1n) is 8.64. The Morgan fingerprint density at radius 1 is 1.33 bits per heavy atom. The summed E-state index contributed by atoms with van der Waals surface area (Å²) in [5, 5.41) is 6.10. The minimum atomic E-state index is -0.417. The maximum atomic E-state index is 12.3. The van der Waals surface area contributed by atoms with Crippen LogP contribution >= 0.6 is 0 Å². The third-order valence-electron chi connectivity index (χ3n) is 4.96. The number of carbonyl (C=O) groups excluding carboxylic acids is 2. The molecule has 0 aromatic carbocycles. The first kappa shape index (κ1) is 16.9. The molecule has 1 saturated heterocycles. The number of rotatable bonds is 4. The number of aromatic amines is 1. The molecule has 2 heterocycles. The van der Waals surface area contributed by atoms with Crippen molar-refractivity contribution in [2.45, 2.75) is 39.5 Å². The second kappa shape index (κ2) is 6.51. The van der Waals surface area contributed by atoms with Crippen molar-refractivity contribution in [2.24, 2.45) is 11.3 Å². The van der Waals surface area contributed by atoms with Crippen LogP contribution in [-0.4, -0.2) is 36.3 Å².